The van der Waals surface area contributed by atoms with E-state index in [1.54, 1.807) is 35.5 Å². The molecule has 0 radical (unpaired) electrons. The van der Waals surface area contributed by atoms with Gasteiger partial charge in [0, 0.05) is 31.3 Å². The maximum absolute atomic E-state index is 12.5. The summed E-state index contributed by atoms with van der Waals surface area (Å²) in [5.74, 6) is 0.146. The smallest absolute Gasteiger partial charge is 0.253 e. The van der Waals surface area contributed by atoms with Crippen molar-refractivity contribution < 1.29 is 9.90 Å². The van der Waals surface area contributed by atoms with Crippen LogP contribution in [0.25, 0.3) is 5.52 Å². The van der Waals surface area contributed by atoms with Crippen LogP contribution in [0, 0.1) is 5.92 Å². The number of nitrogens with one attached hydrogen (secondary N) is 1. The van der Waals surface area contributed by atoms with Crippen LogP contribution >= 0.6 is 0 Å². The fraction of sp³-hybridized carbons (Fsp3) is 0.353. The Morgan fingerprint density at radius 3 is 3.04 bits per heavy atom. The van der Waals surface area contributed by atoms with Gasteiger partial charge in [-0.15, -0.1) is 0 Å². The SMILES string of the molecule is O=C(N[C@@H]1CC(Cn2ccnc2)C[C@H]1O)c1ccc2ccnn2c1. The molecule has 3 aromatic rings. The standard InChI is InChI=1S/C17H19N5O2/c23-16-8-12(9-21-6-5-18-11-21)7-15(16)20-17(24)13-1-2-14-3-4-19-22(14)10-13/h1-6,10-12,15-16,23H,7-9H2,(H,20,24)/t12?,15-,16-/m1/s1. The Morgan fingerprint density at radius 2 is 2.21 bits per heavy atom. The molecule has 1 unspecified atom stereocenters. The van der Waals surface area contributed by atoms with E-state index in [9.17, 15) is 9.90 Å². The van der Waals surface area contributed by atoms with E-state index < -0.39 is 6.10 Å². The molecule has 2 N–H and O–H groups in total. The third-order valence-electron chi connectivity index (χ3n) is 4.63. The van der Waals surface area contributed by atoms with E-state index >= 15 is 0 Å². The number of imidazole rings is 1. The lowest BCUT2D eigenvalue weighted by Crippen LogP contribution is -2.40. The molecule has 0 bridgehead atoms. The van der Waals surface area contributed by atoms with E-state index in [0.29, 0.717) is 17.9 Å². The molecule has 0 aromatic carbocycles. The van der Waals surface area contributed by atoms with E-state index in [0.717, 1.165) is 18.5 Å². The Morgan fingerprint density at radius 1 is 1.29 bits per heavy atom. The third kappa shape index (κ3) is 2.90. The van der Waals surface area contributed by atoms with Crippen LogP contribution in [0.4, 0.5) is 0 Å². The van der Waals surface area contributed by atoms with Crippen LogP contribution in [-0.2, 0) is 6.54 Å². The minimum atomic E-state index is -0.518. The lowest BCUT2D eigenvalue weighted by Gasteiger charge is -2.16. The van der Waals surface area contributed by atoms with Crippen molar-refractivity contribution >= 4 is 11.4 Å². The highest BCUT2D eigenvalue weighted by atomic mass is 16.3. The van der Waals surface area contributed by atoms with Crippen molar-refractivity contribution in [3.63, 3.8) is 0 Å². The van der Waals surface area contributed by atoms with Gasteiger partial charge in [0.2, 0.25) is 0 Å². The molecule has 3 aromatic heterocycles. The summed E-state index contributed by atoms with van der Waals surface area (Å²) in [5.41, 5.74) is 1.48. The number of pyridine rings is 1. The zero-order chi connectivity index (χ0) is 16.5. The quantitative estimate of drug-likeness (QED) is 0.752. The van der Waals surface area contributed by atoms with Gasteiger partial charge in [-0.3, -0.25) is 4.79 Å². The Hall–Kier alpha value is -2.67. The second kappa shape index (κ2) is 6.09. The highest BCUT2D eigenvalue weighted by molar-refractivity contribution is 5.94. The zero-order valence-corrected chi connectivity index (χ0v) is 13.1. The van der Waals surface area contributed by atoms with E-state index in [2.05, 4.69) is 15.4 Å². The van der Waals surface area contributed by atoms with E-state index in [-0.39, 0.29) is 11.9 Å². The van der Waals surface area contributed by atoms with Gasteiger partial charge in [-0.05, 0) is 37.0 Å². The second-order valence-electron chi connectivity index (χ2n) is 6.36. The van der Waals surface area contributed by atoms with Gasteiger partial charge in [-0.25, -0.2) is 9.50 Å². The number of aliphatic hydroxyl groups is 1. The first-order valence-electron chi connectivity index (χ1n) is 8.07. The molecule has 0 saturated heterocycles. The summed E-state index contributed by atoms with van der Waals surface area (Å²) in [4.78, 5) is 16.5. The van der Waals surface area contributed by atoms with E-state index in [1.807, 2.05) is 22.9 Å². The topological polar surface area (TPSA) is 84.5 Å². The van der Waals surface area contributed by atoms with Gasteiger partial charge >= 0.3 is 0 Å². The van der Waals surface area contributed by atoms with Crippen LogP contribution in [0.3, 0.4) is 0 Å². The largest absolute Gasteiger partial charge is 0.391 e. The van der Waals surface area contributed by atoms with Crippen molar-refractivity contribution in [2.45, 2.75) is 31.5 Å². The molecule has 1 aliphatic rings. The lowest BCUT2D eigenvalue weighted by atomic mass is 10.1. The van der Waals surface area contributed by atoms with Crippen molar-refractivity contribution in [2.24, 2.45) is 5.92 Å². The first kappa shape index (κ1) is 14.9. The van der Waals surface area contributed by atoms with Crippen LogP contribution in [0.1, 0.15) is 23.2 Å². The number of fused-ring (bicyclic) bond motifs is 1. The van der Waals surface area contributed by atoms with Gasteiger partial charge in [0.1, 0.15) is 0 Å². The molecule has 3 heterocycles. The van der Waals surface area contributed by atoms with Crippen molar-refractivity contribution in [2.75, 3.05) is 0 Å². The predicted octanol–water partition coefficient (Wildman–Crippen LogP) is 1.10. The summed E-state index contributed by atoms with van der Waals surface area (Å²) in [7, 11) is 0. The zero-order valence-electron chi connectivity index (χ0n) is 13.1. The number of amides is 1. The Labute approximate surface area is 138 Å². The van der Waals surface area contributed by atoms with Crippen LogP contribution in [-0.4, -0.2) is 42.3 Å². The minimum Gasteiger partial charge on any atom is -0.391 e. The molecule has 1 saturated carbocycles. The summed E-state index contributed by atoms with van der Waals surface area (Å²) in [5, 5.41) is 17.4. The van der Waals surface area contributed by atoms with Gasteiger partial charge in [0.15, 0.2) is 0 Å². The molecule has 7 heteroatoms. The summed E-state index contributed by atoms with van der Waals surface area (Å²) in [6, 6.07) is 5.29. The molecule has 7 nitrogen and oxygen atoms in total. The minimum absolute atomic E-state index is 0.181. The Balaban J connectivity index is 1.41. The number of carbonyl (C=O) groups excluding carboxylic acids is 1. The third-order valence-corrected chi connectivity index (χ3v) is 4.63. The maximum Gasteiger partial charge on any atom is 0.253 e. The van der Waals surface area contributed by atoms with Crippen LogP contribution in [0.2, 0.25) is 0 Å². The number of carbonyl (C=O) groups is 1. The molecule has 3 atom stereocenters. The lowest BCUT2D eigenvalue weighted by molar-refractivity contribution is 0.0872. The fourth-order valence-electron chi connectivity index (χ4n) is 3.42. The highest BCUT2D eigenvalue weighted by Gasteiger charge is 2.34. The number of nitrogens with zero attached hydrogens (tertiary/aromatic N) is 4. The van der Waals surface area contributed by atoms with Gasteiger partial charge in [0.05, 0.1) is 29.6 Å². The van der Waals surface area contributed by atoms with Crippen LogP contribution < -0.4 is 5.32 Å². The first-order chi connectivity index (χ1) is 11.7. The average molecular weight is 325 g/mol. The molecule has 24 heavy (non-hydrogen) atoms. The number of hydrogen-bond acceptors (Lipinski definition) is 4. The van der Waals surface area contributed by atoms with Crippen molar-refractivity contribution in [1.29, 1.82) is 0 Å². The van der Waals surface area contributed by atoms with Crippen molar-refractivity contribution in [1.82, 2.24) is 24.5 Å². The molecule has 1 aliphatic carbocycles. The number of hydrogen-bond donors (Lipinski definition) is 2. The van der Waals surface area contributed by atoms with Gasteiger partial charge < -0.3 is 15.0 Å². The summed E-state index contributed by atoms with van der Waals surface area (Å²) < 4.78 is 3.68. The molecule has 0 aliphatic heterocycles. The first-order valence-corrected chi connectivity index (χ1v) is 8.07. The van der Waals surface area contributed by atoms with Gasteiger partial charge in [-0.1, -0.05) is 0 Å². The van der Waals surface area contributed by atoms with E-state index in [1.165, 1.54) is 0 Å². The summed E-state index contributed by atoms with van der Waals surface area (Å²) in [6.07, 6.45) is 9.76. The molecular formula is C17H19N5O2. The number of aliphatic hydroxyl groups excluding tert-OH is 1. The fourth-order valence-corrected chi connectivity index (χ4v) is 3.42. The summed E-state index contributed by atoms with van der Waals surface area (Å²) in [6.45, 7) is 0.808. The molecule has 124 valence electrons. The molecular weight excluding hydrogens is 306 g/mol. The number of aromatic nitrogens is 4. The summed E-state index contributed by atoms with van der Waals surface area (Å²) >= 11 is 0. The molecule has 1 amide bonds. The monoisotopic (exact) mass is 325 g/mol. The van der Waals surface area contributed by atoms with Crippen molar-refractivity contribution in [3.05, 3.63) is 54.9 Å². The van der Waals surface area contributed by atoms with Gasteiger partial charge in [-0.2, -0.15) is 5.10 Å². The second-order valence-corrected chi connectivity index (χ2v) is 6.36. The molecule has 4 rings (SSSR count). The van der Waals surface area contributed by atoms with Gasteiger partial charge in [0.25, 0.3) is 5.91 Å². The van der Waals surface area contributed by atoms with E-state index in [4.69, 9.17) is 0 Å². The molecule has 0 spiro atoms. The molecule has 1 fully saturated rings. The van der Waals surface area contributed by atoms with Crippen LogP contribution in [0.15, 0.2) is 49.3 Å². The Bertz CT molecular complexity index is 842. The normalized spacial score (nSPS) is 23.6. The Kier molecular flexibility index (Phi) is 3.78. The predicted molar refractivity (Wildman–Crippen MR) is 87.4 cm³/mol. The van der Waals surface area contributed by atoms with Crippen LogP contribution in [0.5, 0.6) is 0 Å². The highest BCUT2D eigenvalue weighted by Crippen LogP contribution is 2.27. The maximum atomic E-state index is 12.5. The van der Waals surface area contributed by atoms with Crippen molar-refractivity contribution in [3.8, 4) is 0 Å². The number of rotatable bonds is 4. The average Bonchev–Trinajstić information content (AvgIpc) is 3.29.